The molecule has 5 nitrogen and oxygen atoms in total. The number of ether oxygens (including phenoxy) is 1. The van der Waals surface area contributed by atoms with Gasteiger partial charge in [-0.15, -0.1) is 4.91 Å². The van der Waals surface area contributed by atoms with Crippen molar-refractivity contribution in [3.63, 3.8) is 0 Å². The van der Waals surface area contributed by atoms with Gasteiger partial charge < -0.3 is 9.64 Å². The average molecular weight is 207 g/mol. The summed E-state index contributed by atoms with van der Waals surface area (Å²) < 4.78 is 4.96. The maximum Gasteiger partial charge on any atom is 0.213 e. The number of pyridine rings is 1. The van der Waals surface area contributed by atoms with Crippen molar-refractivity contribution in [1.29, 1.82) is 0 Å². The highest BCUT2D eigenvalue weighted by Crippen LogP contribution is 2.21. The molecule has 0 radical (unpaired) electrons. The van der Waals surface area contributed by atoms with Gasteiger partial charge in [-0.1, -0.05) is 0 Å². The van der Waals surface area contributed by atoms with Crippen LogP contribution in [0.5, 0.6) is 5.88 Å². The van der Waals surface area contributed by atoms with Gasteiger partial charge in [0, 0.05) is 26.4 Å². The van der Waals surface area contributed by atoms with E-state index in [0.717, 1.165) is 0 Å². The number of aromatic nitrogens is 1. The Hall–Kier alpha value is -1.91. The predicted octanol–water partition coefficient (Wildman–Crippen LogP) is 2.02. The van der Waals surface area contributed by atoms with E-state index >= 15 is 0 Å². The Morgan fingerprint density at radius 1 is 1.47 bits per heavy atom. The molecule has 0 unspecified atom stereocenters. The summed E-state index contributed by atoms with van der Waals surface area (Å²) >= 11 is 0. The highest BCUT2D eigenvalue weighted by molar-refractivity contribution is 5.60. The Balaban J connectivity index is 3.06. The van der Waals surface area contributed by atoms with Crippen LogP contribution in [-0.2, 0) is 0 Å². The molecule has 5 heteroatoms. The topological polar surface area (TPSA) is 54.8 Å². The fraction of sp³-hybridized carbons (Fsp3) is 0.300. The second-order valence-corrected chi connectivity index (χ2v) is 3.13. The van der Waals surface area contributed by atoms with E-state index in [1.165, 1.54) is 7.11 Å². The van der Waals surface area contributed by atoms with Crippen molar-refractivity contribution in [2.45, 2.75) is 0 Å². The van der Waals surface area contributed by atoms with Gasteiger partial charge in [-0.2, -0.15) is 0 Å². The van der Waals surface area contributed by atoms with Crippen LogP contribution in [0, 0.1) is 4.91 Å². The normalized spacial score (nSPS) is 10.3. The Labute approximate surface area is 88.4 Å². The molecule has 0 spiro atoms. The van der Waals surface area contributed by atoms with Crippen molar-refractivity contribution in [1.82, 2.24) is 9.88 Å². The predicted molar refractivity (Wildman–Crippen MR) is 59.0 cm³/mol. The molecule has 0 bridgehead atoms. The third kappa shape index (κ3) is 3.05. The molecule has 0 aliphatic heterocycles. The maximum absolute atomic E-state index is 10.5. The van der Waals surface area contributed by atoms with Crippen molar-refractivity contribution in [3.8, 4) is 5.88 Å². The molecule has 0 N–H and O–H groups in total. The maximum atomic E-state index is 10.5. The molecule has 1 rings (SSSR count). The molecule has 0 aromatic carbocycles. The molecular weight excluding hydrogens is 194 g/mol. The van der Waals surface area contributed by atoms with Crippen LogP contribution in [0.15, 0.2) is 23.5 Å². The molecule has 0 fully saturated rings. The summed E-state index contributed by atoms with van der Waals surface area (Å²) in [7, 11) is 5.28. The zero-order chi connectivity index (χ0) is 11.3. The molecule has 0 aliphatic rings. The van der Waals surface area contributed by atoms with E-state index in [1.807, 2.05) is 19.0 Å². The Morgan fingerprint density at radius 2 is 2.20 bits per heavy atom. The molecule has 0 aliphatic carbocycles. The number of methoxy groups -OCH3 is 1. The van der Waals surface area contributed by atoms with E-state index in [9.17, 15) is 4.91 Å². The van der Waals surface area contributed by atoms with Gasteiger partial charge in [-0.05, 0) is 17.3 Å². The second-order valence-electron chi connectivity index (χ2n) is 3.13. The van der Waals surface area contributed by atoms with E-state index in [2.05, 4.69) is 10.2 Å². The monoisotopic (exact) mass is 207 g/mol. The Bertz CT molecular complexity index is 375. The summed E-state index contributed by atoms with van der Waals surface area (Å²) in [5.41, 5.74) is 0.798. The quantitative estimate of drug-likeness (QED) is 0.709. The van der Waals surface area contributed by atoms with Crippen molar-refractivity contribution in [2.75, 3.05) is 21.2 Å². The average Bonchev–Trinajstić information content (AvgIpc) is 2.25. The van der Waals surface area contributed by atoms with Gasteiger partial charge in [0.1, 0.15) is 5.69 Å². The van der Waals surface area contributed by atoms with Gasteiger partial charge in [0.25, 0.3) is 0 Å². The van der Waals surface area contributed by atoms with Gasteiger partial charge in [0.15, 0.2) is 0 Å². The largest absolute Gasteiger partial charge is 0.481 e. The van der Waals surface area contributed by atoms with Crippen LogP contribution in [0.4, 0.5) is 5.69 Å². The zero-order valence-corrected chi connectivity index (χ0v) is 8.97. The van der Waals surface area contributed by atoms with Gasteiger partial charge in [0.05, 0.1) is 12.8 Å². The summed E-state index contributed by atoms with van der Waals surface area (Å²) in [6, 6.07) is 3.18. The first-order chi connectivity index (χ1) is 7.17. The fourth-order valence-electron chi connectivity index (χ4n) is 0.982. The van der Waals surface area contributed by atoms with Crippen molar-refractivity contribution < 1.29 is 4.74 Å². The zero-order valence-electron chi connectivity index (χ0n) is 8.97. The number of hydrogen-bond acceptors (Lipinski definition) is 5. The standard InChI is InChI=1S/C10H13N3O2/c1-13(2)7-6-8-9(12-14)4-5-10(11-8)15-3/h4-7H,1-3H3/b7-6+. The molecule has 15 heavy (non-hydrogen) atoms. The van der Waals surface area contributed by atoms with Gasteiger partial charge >= 0.3 is 0 Å². The minimum Gasteiger partial charge on any atom is -0.481 e. The lowest BCUT2D eigenvalue weighted by Gasteiger charge is -2.04. The molecule has 0 atom stereocenters. The van der Waals surface area contributed by atoms with E-state index in [1.54, 1.807) is 24.4 Å². The number of nitrogens with zero attached hydrogens (tertiary/aromatic N) is 3. The fourth-order valence-corrected chi connectivity index (χ4v) is 0.982. The molecule has 0 saturated carbocycles. The lowest BCUT2D eigenvalue weighted by molar-refractivity contribution is 0.397. The third-order valence-electron chi connectivity index (χ3n) is 1.71. The summed E-state index contributed by atoms with van der Waals surface area (Å²) in [4.78, 5) is 16.4. The number of nitroso groups, excluding NO2 is 1. The lowest BCUT2D eigenvalue weighted by atomic mass is 10.3. The summed E-state index contributed by atoms with van der Waals surface area (Å²) in [5.74, 6) is 0.459. The number of hydrogen-bond donors (Lipinski definition) is 0. The van der Waals surface area contributed by atoms with E-state index in [0.29, 0.717) is 17.3 Å². The van der Waals surface area contributed by atoms with Crippen molar-refractivity contribution in [2.24, 2.45) is 5.18 Å². The first-order valence-corrected chi connectivity index (χ1v) is 4.40. The van der Waals surface area contributed by atoms with Crippen molar-refractivity contribution >= 4 is 11.8 Å². The SMILES string of the molecule is COc1ccc(N=O)c(/C=C/N(C)C)n1. The van der Waals surface area contributed by atoms with Gasteiger partial charge in [0.2, 0.25) is 5.88 Å². The van der Waals surface area contributed by atoms with Crippen LogP contribution in [0.2, 0.25) is 0 Å². The van der Waals surface area contributed by atoms with Crippen molar-refractivity contribution in [3.05, 3.63) is 28.9 Å². The van der Waals surface area contributed by atoms with Crippen LogP contribution >= 0.6 is 0 Å². The highest BCUT2D eigenvalue weighted by atomic mass is 16.5. The van der Waals surface area contributed by atoms with Crippen LogP contribution in [0.1, 0.15) is 5.69 Å². The molecule has 1 aromatic rings. The molecular formula is C10H13N3O2. The summed E-state index contributed by atoms with van der Waals surface area (Å²) in [6.45, 7) is 0. The first-order valence-electron chi connectivity index (χ1n) is 4.40. The second kappa shape index (κ2) is 5.09. The summed E-state index contributed by atoms with van der Waals surface area (Å²) in [5, 5.41) is 2.89. The highest BCUT2D eigenvalue weighted by Gasteiger charge is 2.03. The Morgan fingerprint density at radius 3 is 2.73 bits per heavy atom. The molecule has 80 valence electrons. The molecule has 1 heterocycles. The van der Waals surface area contributed by atoms with Crippen LogP contribution in [0.25, 0.3) is 6.08 Å². The smallest absolute Gasteiger partial charge is 0.213 e. The molecule has 0 amide bonds. The van der Waals surface area contributed by atoms with E-state index in [-0.39, 0.29) is 0 Å². The van der Waals surface area contributed by atoms with Crippen LogP contribution < -0.4 is 4.74 Å². The molecule has 0 saturated heterocycles. The van der Waals surface area contributed by atoms with Gasteiger partial charge in [-0.3, -0.25) is 0 Å². The lowest BCUT2D eigenvalue weighted by Crippen LogP contribution is -2.00. The van der Waals surface area contributed by atoms with Crippen LogP contribution in [0.3, 0.4) is 0 Å². The third-order valence-corrected chi connectivity index (χ3v) is 1.71. The summed E-state index contributed by atoms with van der Waals surface area (Å²) in [6.07, 6.45) is 3.50. The van der Waals surface area contributed by atoms with Crippen LogP contribution in [-0.4, -0.2) is 31.1 Å². The minimum atomic E-state index is 0.300. The molecule has 1 aromatic heterocycles. The van der Waals surface area contributed by atoms with E-state index in [4.69, 9.17) is 4.74 Å². The van der Waals surface area contributed by atoms with Gasteiger partial charge in [-0.25, -0.2) is 4.98 Å². The minimum absolute atomic E-state index is 0.300. The van der Waals surface area contributed by atoms with E-state index < -0.39 is 0 Å². The first kappa shape index (κ1) is 11.2. The number of rotatable bonds is 4. The Kier molecular flexibility index (Phi) is 3.79.